The number of amides is 5. The number of aliphatic carboxylic acids is 1. The molecule has 3 saturated heterocycles. The van der Waals surface area contributed by atoms with E-state index < -0.39 is 47.9 Å². The Morgan fingerprint density at radius 3 is 2.05 bits per heavy atom. The lowest BCUT2D eigenvalue weighted by Gasteiger charge is -2.31. The summed E-state index contributed by atoms with van der Waals surface area (Å²) in [7, 11) is 0. The number of hydrogen-bond donors (Lipinski definition) is 5. The summed E-state index contributed by atoms with van der Waals surface area (Å²) in [6.45, 7) is 6.47. The summed E-state index contributed by atoms with van der Waals surface area (Å²) in [5, 5.41) is 20.1. The van der Waals surface area contributed by atoms with Crippen molar-refractivity contribution < 1.29 is 33.9 Å². The number of carbonyl (C=O) groups excluding carboxylic acids is 5. The van der Waals surface area contributed by atoms with Crippen LogP contribution in [0.15, 0.2) is 0 Å². The molecule has 39 heavy (non-hydrogen) atoms. The van der Waals surface area contributed by atoms with Gasteiger partial charge in [-0.2, -0.15) is 0 Å². The Balaban J connectivity index is 1.63. The van der Waals surface area contributed by atoms with Crippen LogP contribution in [0.4, 0.5) is 0 Å². The van der Waals surface area contributed by atoms with E-state index >= 15 is 0 Å². The average Bonchev–Trinajstić information content (AvgIpc) is 3.67. The van der Waals surface area contributed by atoms with E-state index in [9.17, 15) is 28.8 Å². The zero-order chi connectivity index (χ0) is 28.7. The smallest absolute Gasteiger partial charge is 0.325 e. The zero-order valence-corrected chi connectivity index (χ0v) is 23.0. The number of carbonyl (C=O) groups is 6. The summed E-state index contributed by atoms with van der Waals surface area (Å²) in [6.07, 6.45) is 4.02. The summed E-state index contributed by atoms with van der Waals surface area (Å²) < 4.78 is 0. The zero-order valence-electron chi connectivity index (χ0n) is 23.0. The number of nitrogens with zero attached hydrogens (tertiary/aromatic N) is 2. The highest BCUT2D eigenvalue weighted by molar-refractivity contribution is 5.96. The molecule has 218 valence electrons. The highest BCUT2D eigenvalue weighted by Crippen LogP contribution is 2.22. The Morgan fingerprint density at radius 1 is 0.846 bits per heavy atom. The van der Waals surface area contributed by atoms with Crippen LogP contribution in [-0.4, -0.2) is 107 Å². The molecule has 5 atom stereocenters. The molecule has 0 aromatic carbocycles. The van der Waals surface area contributed by atoms with Crippen LogP contribution >= 0.6 is 0 Å². The highest BCUT2D eigenvalue weighted by atomic mass is 16.4. The second kappa shape index (κ2) is 13.7. The number of hydrogen-bond acceptors (Lipinski definition) is 7. The minimum atomic E-state index is -1.17. The van der Waals surface area contributed by atoms with Crippen LogP contribution in [-0.2, 0) is 28.8 Å². The van der Waals surface area contributed by atoms with Gasteiger partial charge in [-0.1, -0.05) is 13.8 Å². The molecule has 0 aliphatic carbocycles. The largest absolute Gasteiger partial charge is 0.480 e. The topological polar surface area (TPSA) is 177 Å². The van der Waals surface area contributed by atoms with Crippen molar-refractivity contribution in [1.29, 1.82) is 0 Å². The maximum Gasteiger partial charge on any atom is 0.325 e. The number of nitrogens with one attached hydrogen (secondary N) is 4. The Bertz CT molecular complexity index is 951. The number of carboxylic acids is 1. The minimum Gasteiger partial charge on any atom is -0.480 e. The van der Waals surface area contributed by atoms with Gasteiger partial charge in [0.1, 0.15) is 24.2 Å². The van der Waals surface area contributed by atoms with Crippen LogP contribution in [0.5, 0.6) is 0 Å². The first-order valence-corrected chi connectivity index (χ1v) is 13.9. The molecule has 0 radical (unpaired) electrons. The van der Waals surface area contributed by atoms with Crippen molar-refractivity contribution in [3.05, 3.63) is 0 Å². The maximum absolute atomic E-state index is 13.6. The average molecular weight is 551 g/mol. The van der Waals surface area contributed by atoms with Crippen LogP contribution in [0.1, 0.15) is 65.7 Å². The standard InChI is InChI=1S/C26H42N6O7/c1-15(2)13-18(25(37)32-12-6-9-20(32)23(35)29-16(3)26(38)39)30-24(36)19-8-5-11-31(19)21(33)14-28-22(34)17-7-4-10-27-17/h15-20,27H,4-14H2,1-3H3,(H,28,34)(H,29,35)(H,30,36)(H,38,39)/t16-,17-,18-,19-,20-/m0/s1. The van der Waals surface area contributed by atoms with Gasteiger partial charge < -0.3 is 36.2 Å². The fourth-order valence-corrected chi connectivity index (χ4v) is 5.47. The summed E-state index contributed by atoms with van der Waals surface area (Å²) in [4.78, 5) is 78.8. The lowest BCUT2D eigenvalue weighted by molar-refractivity contribution is -0.145. The molecule has 13 nitrogen and oxygen atoms in total. The van der Waals surface area contributed by atoms with Crippen LogP contribution in [0, 0.1) is 5.92 Å². The van der Waals surface area contributed by atoms with E-state index in [4.69, 9.17) is 5.11 Å². The van der Waals surface area contributed by atoms with Gasteiger partial charge in [-0.05, 0) is 64.3 Å². The second-order valence-electron chi connectivity index (χ2n) is 11.1. The van der Waals surface area contributed by atoms with Crippen molar-refractivity contribution >= 4 is 35.5 Å². The Labute approximate surface area is 228 Å². The van der Waals surface area contributed by atoms with E-state index in [0.29, 0.717) is 45.2 Å². The van der Waals surface area contributed by atoms with Crippen LogP contribution in [0.25, 0.3) is 0 Å². The predicted molar refractivity (Wildman–Crippen MR) is 140 cm³/mol. The molecule has 3 rings (SSSR count). The summed E-state index contributed by atoms with van der Waals surface area (Å²) >= 11 is 0. The first kappa shape index (κ1) is 30.3. The van der Waals surface area contributed by atoms with Crippen molar-refractivity contribution in [3.8, 4) is 0 Å². The third-order valence-corrected chi connectivity index (χ3v) is 7.56. The first-order chi connectivity index (χ1) is 18.5. The van der Waals surface area contributed by atoms with Crippen LogP contribution < -0.4 is 21.3 Å². The number of likely N-dealkylation sites (tertiary alicyclic amines) is 2. The van der Waals surface area contributed by atoms with E-state index in [2.05, 4.69) is 21.3 Å². The molecule has 5 N–H and O–H groups in total. The molecule has 3 aliphatic rings. The Hall–Kier alpha value is -3.22. The quantitative estimate of drug-likeness (QED) is 0.216. The molecule has 0 saturated carbocycles. The third kappa shape index (κ3) is 7.90. The van der Waals surface area contributed by atoms with E-state index in [1.54, 1.807) is 0 Å². The van der Waals surface area contributed by atoms with Crippen LogP contribution in [0.2, 0.25) is 0 Å². The Kier molecular flexibility index (Phi) is 10.7. The molecule has 0 unspecified atom stereocenters. The van der Waals surface area contributed by atoms with Crippen molar-refractivity contribution in [2.45, 2.75) is 95.9 Å². The molecule has 13 heteroatoms. The molecule has 0 aromatic rings. The summed E-state index contributed by atoms with van der Waals surface area (Å²) in [5.74, 6) is -3.07. The molecule has 3 heterocycles. The van der Waals surface area contributed by atoms with E-state index in [-0.39, 0.29) is 30.3 Å². The molecule has 3 fully saturated rings. The fraction of sp³-hybridized carbons (Fsp3) is 0.769. The molecule has 0 aromatic heterocycles. The van der Waals surface area contributed by atoms with Crippen molar-refractivity contribution in [3.63, 3.8) is 0 Å². The lowest BCUT2D eigenvalue weighted by Crippen LogP contribution is -2.57. The van der Waals surface area contributed by atoms with Crippen molar-refractivity contribution in [2.75, 3.05) is 26.2 Å². The SMILES string of the molecule is CC(C)C[C@H](NC(=O)[C@@H]1CCCN1C(=O)CNC(=O)[C@@H]1CCCN1)C(=O)N1CCC[C@H]1C(=O)N[C@@H](C)C(=O)O. The van der Waals surface area contributed by atoms with Gasteiger partial charge in [0.05, 0.1) is 12.6 Å². The van der Waals surface area contributed by atoms with Gasteiger partial charge in [0.15, 0.2) is 0 Å². The van der Waals surface area contributed by atoms with Crippen LogP contribution in [0.3, 0.4) is 0 Å². The van der Waals surface area contributed by atoms with Gasteiger partial charge in [0, 0.05) is 13.1 Å². The van der Waals surface area contributed by atoms with E-state index in [1.807, 2.05) is 13.8 Å². The van der Waals surface area contributed by atoms with Gasteiger partial charge in [-0.3, -0.25) is 28.8 Å². The second-order valence-corrected chi connectivity index (χ2v) is 11.1. The first-order valence-electron chi connectivity index (χ1n) is 13.9. The molecular weight excluding hydrogens is 508 g/mol. The van der Waals surface area contributed by atoms with Gasteiger partial charge in [0.2, 0.25) is 29.5 Å². The van der Waals surface area contributed by atoms with Crippen molar-refractivity contribution in [1.82, 2.24) is 31.1 Å². The maximum atomic E-state index is 13.6. The monoisotopic (exact) mass is 550 g/mol. The molecule has 0 spiro atoms. The fourth-order valence-electron chi connectivity index (χ4n) is 5.47. The molecule has 5 amide bonds. The lowest BCUT2D eigenvalue weighted by atomic mass is 10.0. The van der Waals surface area contributed by atoms with Gasteiger partial charge in [0.25, 0.3) is 0 Å². The van der Waals surface area contributed by atoms with Crippen molar-refractivity contribution in [2.24, 2.45) is 5.92 Å². The Morgan fingerprint density at radius 2 is 1.46 bits per heavy atom. The molecular formula is C26H42N6O7. The summed E-state index contributed by atoms with van der Waals surface area (Å²) in [5.41, 5.74) is 0. The normalized spacial score (nSPS) is 24.4. The minimum absolute atomic E-state index is 0.0573. The van der Waals surface area contributed by atoms with E-state index in [1.165, 1.54) is 16.7 Å². The number of rotatable bonds is 11. The number of carboxylic acid groups (broad SMARTS) is 1. The van der Waals surface area contributed by atoms with Gasteiger partial charge in [-0.15, -0.1) is 0 Å². The molecule has 3 aliphatic heterocycles. The molecule has 0 bridgehead atoms. The third-order valence-electron chi connectivity index (χ3n) is 7.56. The van der Waals surface area contributed by atoms with E-state index in [0.717, 1.165) is 19.4 Å². The summed E-state index contributed by atoms with van der Waals surface area (Å²) in [6, 6.07) is -3.86. The van der Waals surface area contributed by atoms with Gasteiger partial charge in [-0.25, -0.2) is 0 Å². The van der Waals surface area contributed by atoms with Gasteiger partial charge >= 0.3 is 5.97 Å². The predicted octanol–water partition coefficient (Wildman–Crippen LogP) is -1.04. The highest BCUT2D eigenvalue weighted by Gasteiger charge is 2.41.